The van der Waals surface area contributed by atoms with Gasteiger partial charge in [-0.3, -0.25) is 9.59 Å². The number of nitrogens with one attached hydrogen (secondary N) is 1. The number of anilines is 1. The number of rotatable bonds is 7. The summed E-state index contributed by atoms with van der Waals surface area (Å²) in [6.45, 7) is 1.82. The number of ether oxygens (including phenoxy) is 1. The molecule has 0 saturated carbocycles. The Morgan fingerprint density at radius 1 is 1.23 bits per heavy atom. The Morgan fingerprint density at radius 3 is 2.74 bits per heavy atom. The third kappa shape index (κ3) is 5.56. The van der Waals surface area contributed by atoms with E-state index in [1.807, 2.05) is 52.9 Å². The Morgan fingerprint density at radius 2 is 2.00 bits per heavy atom. The van der Waals surface area contributed by atoms with Gasteiger partial charge in [-0.25, -0.2) is 9.49 Å². The summed E-state index contributed by atoms with van der Waals surface area (Å²) in [5.74, 6) is 0.324. The van der Waals surface area contributed by atoms with Crippen LogP contribution in [0, 0.1) is 5.82 Å². The number of piperidine rings is 1. The monoisotopic (exact) mass is 530 g/mol. The van der Waals surface area contributed by atoms with Gasteiger partial charge in [0.15, 0.2) is 17.4 Å². The van der Waals surface area contributed by atoms with Gasteiger partial charge in [-0.15, -0.1) is 0 Å². The van der Waals surface area contributed by atoms with E-state index in [9.17, 15) is 14.0 Å². The topological polar surface area (TPSA) is 109 Å². The van der Waals surface area contributed by atoms with Crippen molar-refractivity contribution in [1.29, 1.82) is 0 Å². The van der Waals surface area contributed by atoms with E-state index in [2.05, 4.69) is 10.2 Å². The van der Waals surface area contributed by atoms with E-state index >= 15 is 0 Å². The van der Waals surface area contributed by atoms with Crippen molar-refractivity contribution in [3.8, 4) is 22.6 Å². The van der Waals surface area contributed by atoms with Crippen molar-refractivity contribution in [2.24, 2.45) is 0 Å². The van der Waals surface area contributed by atoms with Crippen molar-refractivity contribution in [1.82, 2.24) is 24.6 Å². The molecule has 0 spiro atoms. The quantitative estimate of drug-likeness (QED) is 0.347. The predicted octanol–water partition coefficient (Wildman–Crippen LogP) is 4.19. The number of fused-ring (bicyclic) bond motifs is 1. The zero-order chi connectivity index (χ0) is 27.5. The minimum Gasteiger partial charge on any atom is -0.454 e. The predicted molar refractivity (Wildman–Crippen MR) is 149 cm³/mol. The van der Waals surface area contributed by atoms with Gasteiger partial charge in [0.2, 0.25) is 5.91 Å². The van der Waals surface area contributed by atoms with Crippen LogP contribution < -0.4 is 16.0 Å². The Kier molecular flexibility index (Phi) is 7.47. The Balaban J connectivity index is 1.46. The van der Waals surface area contributed by atoms with Crippen molar-refractivity contribution < 1.29 is 13.9 Å². The summed E-state index contributed by atoms with van der Waals surface area (Å²) in [5.41, 5.74) is 7.89. The van der Waals surface area contributed by atoms with Crippen LogP contribution in [-0.4, -0.2) is 64.2 Å². The number of carbonyl (C=O) groups is 1. The van der Waals surface area contributed by atoms with Gasteiger partial charge in [0.05, 0.1) is 11.4 Å². The zero-order valence-corrected chi connectivity index (χ0v) is 21.9. The van der Waals surface area contributed by atoms with Crippen molar-refractivity contribution in [3.05, 3.63) is 83.1 Å². The average Bonchev–Trinajstić information content (AvgIpc) is 3.34. The molecular formula is C29H31FN6O3. The van der Waals surface area contributed by atoms with E-state index in [1.165, 1.54) is 6.07 Å². The van der Waals surface area contributed by atoms with Crippen molar-refractivity contribution in [2.75, 3.05) is 39.5 Å². The number of benzene rings is 2. The van der Waals surface area contributed by atoms with Gasteiger partial charge in [0, 0.05) is 37.5 Å². The van der Waals surface area contributed by atoms with Gasteiger partial charge < -0.3 is 24.8 Å². The van der Waals surface area contributed by atoms with Crippen molar-refractivity contribution >= 4 is 22.6 Å². The minimum absolute atomic E-state index is 0.0428. The molecule has 1 aliphatic rings. The standard InChI is InChI=1S/C29H31FN6O3/c1-34(2)15-6-10-25(37)35-16-5-7-20(17-35)36-18-22(26-27(36)29(38)33-32-28(26)31)19-11-13-21(14-12-19)39-24-9-4-3-8-23(24)30/h3-4,6,8-14,18,20H,5,7,15-17H2,1-2H3,(H2,31,32)(H,33,38)/b10-6+. The first-order valence-corrected chi connectivity index (χ1v) is 12.8. The molecule has 1 atom stereocenters. The van der Waals surface area contributed by atoms with E-state index in [0.717, 1.165) is 24.0 Å². The fraction of sp³-hybridized carbons (Fsp3) is 0.276. The smallest absolute Gasteiger partial charge is 0.288 e. The first-order valence-electron chi connectivity index (χ1n) is 12.8. The van der Waals surface area contributed by atoms with Gasteiger partial charge in [-0.1, -0.05) is 30.3 Å². The number of H-pyrrole nitrogens is 1. The highest BCUT2D eigenvalue weighted by Gasteiger charge is 2.27. The third-order valence-electron chi connectivity index (χ3n) is 6.84. The largest absolute Gasteiger partial charge is 0.454 e. The highest BCUT2D eigenvalue weighted by atomic mass is 19.1. The van der Waals surface area contributed by atoms with E-state index in [4.69, 9.17) is 10.5 Å². The number of amides is 1. The normalized spacial score (nSPS) is 15.9. The summed E-state index contributed by atoms with van der Waals surface area (Å²) in [5, 5.41) is 7.06. The number of nitrogens with two attached hydrogens (primary N) is 1. The lowest BCUT2D eigenvalue weighted by Crippen LogP contribution is -2.40. The minimum atomic E-state index is -0.448. The molecular weight excluding hydrogens is 499 g/mol. The third-order valence-corrected chi connectivity index (χ3v) is 6.84. The number of para-hydroxylation sites is 1. The molecule has 2 aromatic carbocycles. The van der Waals surface area contributed by atoms with Crippen LogP contribution in [0.3, 0.4) is 0 Å². The Hall–Kier alpha value is -4.44. The van der Waals surface area contributed by atoms with Gasteiger partial charge in [0.1, 0.15) is 11.3 Å². The van der Waals surface area contributed by atoms with Gasteiger partial charge in [0.25, 0.3) is 5.56 Å². The second kappa shape index (κ2) is 11.1. The van der Waals surface area contributed by atoms with E-state index in [0.29, 0.717) is 36.3 Å². The number of aromatic amines is 1. The molecule has 1 saturated heterocycles. The van der Waals surface area contributed by atoms with E-state index < -0.39 is 5.82 Å². The highest BCUT2D eigenvalue weighted by Crippen LogP contribution is 2.36. The number of hydrogen-bond donors (Lipinski definition) is 2. The average molecular weight is 531 g/mol. The Bertz CT molecular complexity index is 1570. The molecule has 1 unspecified atom stereocenters. The SMILES string of the molecule is CN(C)C/C=C/C(=O)N1CCCC(n2cc(-c3ccc(Oc4ccccc4F)cc3)c3c(N)n[nH]c(=O)c32)C1. The zero-order valence-electron chi connectivity index (χ0n) is 21.9. The number of halogens is 1. The van der Waals surface area contributed by atoms with E-state index in [-0.39, 0.29) is 29.1 Å². The summed E-state index contributed by atoms with van der Waals surface area (Å²) < 4.78 is 21.6. The molecule has 1 fully saturated rings. The van der Waals surface area contributed by atoms with Crippen LogP contribution in [0.1, 0.15) is 18.9 Å². The molecule has 1 amide bonds. The molecule has 9 nitrogen and oxygen atoms in total. The summed E-state index contributed by atoms with van der Waals surface area (Å²) in [6, 6.07) is 13.3. The second-order valence-electron chi connectivity index (χ2n) is 9.91. The number of carbonyl (C=O) groups excluding carboxylic acids is 1. The molecule has 202 valence electrons. The molecule has 0 aliphatic carbocycles. The van der Waals surface area contributed by atoms with Crippen LogP contribution in [0.15, 0.2) is 71.7 Å². The Labute approximate surface area is 225 Å². The fourth-order valence-electron chi connectivity index (χ4n) is 4.95. The van der Waals surface area contributed by atoms with Crippen molar-refractivity contribution in [3.63, 3.8) is 0 Å². The van der Waals surface area contributed by atoms with Crippen LogP contribution in [0.2, 0.25) is 0 Å². The number of aromatic nitrogens is 3. The number of likely N-dealkylation sites (N-methyl/N-ethyl adjacent to an activating group) is 1. The number of nitrogen functional groups attached to an aromatic ring is 1. The van der Waals surface area contributed by atoms with E-state index in [1.54, 1.807) is 36.4 Å². The van der Waals surface area contributed by atoms with Crippen molar-refractivity contribution in [2.45, 2.75) is 18.9 Å². The second-order valence-corrected chi connectivity index (χ2v) is 9.91. The maximum absolute atomic E-state index is 14.0. The van der Waals surface area contributed by atoms with Crippen LogP contribution in [0.25, 0.3) is 22.0 Å². The number of hydrogen-bond acceptors (Lipinski definition) is 6. The molecule has 0 radical (unpaired) electrons. The number of likely N-dealkylation sites (tertiary alicyclic amines) is 1. The van der Waals surface area contributed by atoms with Crippen LogP contribution in [0.4, 0.5) is 10.2 Å². The summed E-state index contributed by atoms with van der Waals surface area (Å²) >= 11 is 0. The first-order chi connectivity index (χ1) is 18.8. The van der Waals surface area contributed by atoms with Crippen LogP contribution in [-0.2, 0) is 4.79 Å². The van der Waals surface area contributed by atoms with Crippen LogP contribution in [0.5, 0.6) is 11.5 Å². The molecule has 4 aromatic rings. The molecule has 1 aliphatic heterocycles. The van der Waals surface area contributed by atoms with Crippen LogP contribution >= 0.6 is 0 Å². The van der Waals surface area contributed by atoms with Gasteiger partial charge in [-0.2, -0.15) is 5.10 Å². The molecule has 0 bridgehead atoms. The maximum Gasteiger partial charge on any atom is 0.288 e. The molecule has 5 rings (SSSR count). The summed E-state index contributed by atoms with van der Waals surface area (Å²) in [7, 11) is 3.89. The molecule has 10 heteroatoms. The fourth-order valence-corrected chi connectivity index (χ4v) is 4.95. The summed E-state index contributed by atoms with van der Waals surface area (Å²) in [4.78, 5) is 29.6. The maximum atomic E-state index is 14.0. The highest BCUT2D eigenvalue weighted by molar-refractivity contribution is 6.02. The van der Waals surface area contributed by atoms with Gasteiger partial charge >= 0.3 is 0 Å². The first kappa shape index (κ1) is 26.2. The lowest BCUT2D eigenvalue weighted by molar-refractivity contribution is -0.127. The number of nitrogens with zero attached hydrogens (tertiary/aromatic N) is 4. The van der Waals surface area contributed by atoms with Gasteiger partial charge in [-0.05, 0) is 56.8 Å². The molecule has 2 aromatic heterocycles. The molecule has 3 heterocycles. The lowest BCUT2D eigenvalue weighted by atomic mass is 10.1. The summed E-state index contributed by atoms with van der Waals surface area (Å²) in [6.07, 6.45) is 7.00. The lowest BCUT2D eigenvalue weighted by Gasteiger charge is -2.33. The molecule has 3 N–H and O–H groups in total. The molecule has 39 heavy (non-hydrogen) atoms.